The third-order valence-corrected chi connectivity index (χ3v) is 1.14. The molecule has 2 nitrogen and oxygen atoms in total. The highest BCUT2D eigenvalue weighted by Gasteiger charge is 1.99. The van der Waals surface area contributed by atoms with Crippen molar-refractivity contribution in [2.24, 2.45) is 0 Å². The van der Waals surface area contributed by atoms with Crippen LogP contribution in [0.5, 0.6) is 0 Å². The summed E-state index contributed by atoms with van der Waals surface area (Å²) in [5.41, 5.74) is 0. The van der Waals surface area contributed by atoms with Gasteiger partial charge in [0.1, 0.15) is 0 Å². The van der Waals surface area contributed by atoms with Crippen molar-refractivity contribution in [1.82, 2.24) is 0 Å². The number of ether oxygens (including phenoxy) is 1. The molecule has 0 spiro atoms. The van der Waals surface area contributed by atoms with Crippen LogP contribution in [0, 0.1) is 0 Å². The molecule has 0 fully saturated rings. The van der Waals surface area contributed by atoms with Gasteiger partial charge in [0.2, 0.25) is 0 Å². The van der Waals surface area contributed by atoms with Crippen LogP contribution in [0.3, 0.4) is 0 Å². The van der Waals surface area contributed by atoms with E-state index in [1.165, 1.54) is 0 Å². The van der Waals surface area contributed by atoms with E-state index in [0.29, 0.717) is 13.2 Å². The SMILES string of the molecule is CCCC(O)COCC. The molecule has 56 valence electrons. The Morgan fingerprint density at radius 1 is 1.44 bits per heavy atom. The van der Waals surface area contributed by atoms with E-state index < -0.39 is 0 Å². The second kappa shape index (κ2) is 6.05. The number of hydrogen-bond acceptors (Lipinski definition) is 2. The molecule has 1 N–H and O–H groups in total. The van der Waals surface area contributed by atoms with E-state index in [1.54, 1.807) is 0 Å². The molecule has 0 aromatic heterocycles. The van der Waals surface area contributed by atoms with Crippen molar-refractivity contribution in [2.75, 3.05) is 13.2 Å². The average molecular weight is 132 g/mol. The molecule has 0 saturated carbocycles. The van der Waals surface area contributed by atoms with Gasteiger partial charge in [-0.25, -0.2) is 0 Å². The van der Waals surface area contributed by atoms with Crippen LogP contribution in [0.15, 0.2) is 0 Å². The van der Waals surface area contributed by atoms with E-state index in [-0.39, 0.29) is 6.10 Å². The second-order valence-electron chi connectivity index (χ2n) is 2.10. The monoisotopic (exact) mass is 132 g/mol. The van der Waals surface area contributed by atoms with Gasteiger partial charge in [-0.15, -0.1) is 0 Å². The molecule has 2 heteroatoms. The summed E-state index contributed by atoms with van der Waals surface area (Å²) in [5.74, 6) is 0. The Kier molecular flexibility index (Phi) is 5.99. The lowest BCUT2D eigenvalue weighted by atomic mass is 10.2. The van der Waals surface area contributed by atoms with Crippen LogP contribution in [0.1, 0.15) is 26.7 Å². The maximum atomic E-state index is 9.06. The van der Waals surface area contributed by atoms with E-state index in [1.807, 2.05) is 6.92 Å². The molecule has 0 aromatic carbocycles. The first-order chi connectivity index (χ1) is 4.31. The Balaban J connectivity index is 2.95. The first kappa shape index (κ1) is 8.92. The molecule has 0 aliphatic heterocycles. The number of aliphatic hydroxyl groups excluding tert-OH is 1. The van der Waals surface area contributed by atoms with Crippen LogP contribution in [0.2, 0.25) is 0 Å². The van der Waals surface area contributed by atoms with Crippen molar-refractivity contribution >= 4 is 0 Å². The first-order valence-corrected chi connectivity index (χ1v) is 3.57. The number of rotatable bonds is 5. The predicted octanol–water partition coefficient (Wildman–Crippen LogP) is 1.18. The molecule has 0 heterocycles. The van der Waals surface area contributed by atoms with Crippen LogP contribution in [0.4, 0.5) is 0 Å². The number of aliphatic hydroxyl groups is 1. The zero-order valence-corrected chi connectivity index (χ0v) is 6.26. The van der Waals surface area contributed by atoms with E-state index in [2.05, 4.69) is 6.92 Å². The quantitative estimate of drug-likeness (QED) is 0.608. The Morgan fingerprint density at radius 2 is 2.11 bits per heavy atom. The third-order valence-electron chi connectivity index (χ3n) is 1.14. The van der Waals surface area contributed by atoms with Crippen molar-refractivity contribution in [3.8, 4) is 0 Å². The molecular weight excluding hydrogens is 116 g/mol. The Bertz CT molecular complexity index is 54.9. The first-order valence-electron chi connectivity index (χ1n) is 3.57. The standard InChI is InChI=1S/C7H16O2/c1-3-5-7(8)6-9-4-2/h7-8H,3-6H2,1-2H3. The van der Waals surface area contributed by atoms with E-state index in [4.69, 9.17) is 9.84 Å². The lowest BCUT2D eigenvalue weighted by Gasteiger charge is -2.07. The molecule has 0 bridgehead atoms. The molecule has 0 radical (unpaired) electrons. The predicted molar refractivity (Wildman–Crippen MR) is 37.4 cm³/mol. The fourth-order valence-corrected chi connectivity index (χ4v) is 0.670. The van der Waals surface area contributed by atoms with Gasteiger partial charge < -0.3 is 9.84 Å². The fraction of sp³-hybridized carbons (Fsp3) is 1.00. The van der Waals surface area contributed by atoms with Crippen LogP contribution in [-0.2, 0) is 4.74 Å². The Labute approximate surface area is 56.8 Å². The van der Waals surface area contributed by atoms with Gasteiger partial charge in [-0.1, -0.05) is 13.3 Å². The molecule has 0 aromatic rings. The maximum Gasteiger partial charge on any atom is 0.0773 e. The van der Waals surface area contributed by atoms with Crippen LogP contribution < -0.4 is 0 Å². The van der Waals surface area contributed by atoms with Crippen molar-refractivity contribution in [2.45, 2.75) is 32.8 Å². The van der Waals surface area contributed by atoms with E-state index in [9.17, 15) is 0 Å². The van der Waals surface area contributed by atoms with Crippen molar-refractivity contribution in [3.05, 3.63) is 0 Å². The van der Waals surface area contributed by atoms with Crippen LogP contribution in [0.25, 0.3) is 0 Å². The molecule has 1 atom stereocenters. The molecule has 0 rings (SSSR count). The minimum Gasteiger partial charge on any atom is -0.391 e. The fourth-order valence-electron chi connectivity index (χ4n) is 0.670. The average Bonchev–Trinajstić information content (AvgIpc) is 1.85. The highest BCUT2D eigenvalue weighted by Crippen LogP contribution is 1.95. The number of hydrogen-bond donors (Lipinski definition) is 1. The van der Waals surface area contributed by atoms with Crippen molar-refractivity contribution in [1.29, 1.82) is 0 Å². The van der Waals surface area contributed by atoms with Gasteiger partial charge in [0.05, 0.1) is 12.7 Å². The minimum atomic E-state index is -0.255. The maximum absolute atomic E-state index is 9.06. The van der Waals surface area contributed by atoms with Gasteiger partial charge in [0.25, 0.3) is 0 Å². The van der Waals surface area contributed by atoms with Crippen LogP contribution >= 0.6 is 0 Å². The highest BCUT2D eigenvalue weighted by molar-refractivity contribution is 4.50. The highest BCUT2D eigenvalue weighted by atomic mass is 16.5. The van der Waals surface area contributed by atoms with Crippen molar-refractivity contribution in [3.63, 3.8) is 0 Å². The molecule has 1 unspecified atom stereocenters. The zero-order chi connectivity index (χ0) is 7.11. The molecule has 0 saturated heterocycles. The molecular formula is C7H16O2. The van der Waals surface area contributed by atoms with Gasteiger partial charge in [-0.3, -0.25) is 0 Å². The normalized spacial score (nSPS) is 13.7. The largest absolute Gasteiger partial charge is 0.391 e. The Hall–Kier alpha value is -0.0800. The van der Waals surface area contributed by atoms with Gasteiger partial charge in [0, 0.05) is 6.61 Å². The molecule has 0 aliphatic carbocycles. The summed E-state index contributed by atoms with van der Waals surface area (Å²) in [4.78, 5) is 0. The third kappa shape index (κ3) is 5.80. The smallest absolute Gasteiger partial charge is 0.0773 e. The summed E-state index contributed by atoms with van der Waals surface area (Å²) < 4.78 is 5.00. The van der Waals surface area contributed by atoms with E-state index >= 15 is 0 Å². The summed E-state index contributed by atoms with van der Waals surface area (Å²) in [5, 5.41) is 9.06. The van der Waals surface area contributed by atoms with Crippen LogP contribution in [-0.4, -0.2) is 24.4 Å². The van der Waals surface area contributed by atoms with E-state index in [0.717, 1.165) is 12.8 Å². The summed E-state index contributed by atoms with van der Waals surface area (Å²) in [6.07, 6.45) is 1.61. The zero-order valence-electron chi connectivity index (χ0n) is 6.26. The van der Waals surface area contributed by atoms with Crippen molar-refractivity contribution < 1.29 is 9.84 Å². The molecule has 9 heavy (non-hydrogen) atoms. The second-order valence-corrected chi connectivity index (χ2v) is 2.10. The molecule has 0 amide bonds. The summed E-state index contributed by atoms with van der Waals surface area (Å²) in [7, 11) is 0. The minimum absolute atomic E-state index is 0.255. The summed E-state index contributed by atoms with van der Waals surface area (Å²) in [6.45, 7) is 5.17. The Morgan fingerprint density at radius 3 is 2.56 bits per heavy atom. The van der Waals surface area contributed by atoms with Gasteiger partial charge >= 0.3 is 0 Å². The van der Waals surface area contributed by atoms with Gasteiger partial charge in [-0.2, -0.15) is 0 Å². The lowest BCUT2D eigenvalue weighted by Crippen LogP contribution is -2.14. The molecule has 0 aliphatic rings. The summed E-state index contributed by atoms with van der Waals surface area (Å²) in [6, 6.07) is 0. The lowest BCUT2D eigenvalue weighted by molar-refractivity contribution is 0.0378. The topological polar surface area (TPSA) is 29.5 Å². The van der Waals surface area contributed by atoms with Gasteiger partial charge in [-0.05, 0) is 13.3 Å². The summed E-state index contributed by atoms with van der Waals surface area (Å²) >= 11 is 0. The van der Waals surface area contributed by atoms with Gasteiger partial charge in [0.15, 0.2) is 0 Å².